The van der Waals surface area contributed by atoms with E-state index in [1.165, 1.54) is 22.3 Å². The molecule has 1 aliphatic rings. The highest BCUT2D eigenvalue weighted by Crippen LogP contribution is 2.33. The lowest BCUT2D eigenvalue weighted by atomic mass is 9.93. The van der Waals surface area contributed by atoms with Gasteiger partial charge in [0.15, 0.2) is 5.78 Å². The van der Waals surface area contributed by atoms with Gasteiger partial charge in [0.1, 0.15) is 0 Å². The molecule has 0 N–H and O–H groups in total. The Morgan fingerprint density at radius 1 is 0.607 bits per heavy atom. The van der Waals surface area contributed by atoms with Gasteiger partial charge in [-0.05, 0) is 75.0 Å². The largest absolute Gasteiger partial charge is 0.289 e. The van der Waals surface area contributed by atoms with Crippen LogP contribution in [0.5, 0.6) is 0 Å². The van der Waals surface area contributed by atoms with E-state index in [2.05, 4.69) is 60.7 Å². The molecular formula is C27H28O. The van der Waals surface area contributed by atoms with Crippen molar-refractivity contribution < 1.29 is 4.79 Å². The molecule has 1 nitrogen and oxygen atoms in total. The van der Waals surface area contributed by atoms with Crippen LogP contribution in [0.1, 0.15) is 51.7 Å². The second kappa shape index (κ2) is 8.84. The first-order chi connectivity index (χ1) is 13.5. The van der Waals surface area contributed by atoms with Crippen LogP contribution in [0.4, 0.5) is 0 Å². The Hall–Kier alpha value is -2.93. The number of hydrogen-bond acceptors (Lipinski definition) is 1. The summed E-state index contributed by atoms with van der Waals surface area (Å²) in [6.45, 7) is 8.09. The van der Waals surface area contributed by atoms with Crippen LogP contribution in [0.15, 0.2) is 95.1 Å². The summed E-state index contributed by atoms with van der Waals surface area (Å²) in [5.74, 6) is 0.115. The van der Waals surface area contributed by atoms with E-state index in [-0.39, 0.29) is 5.78 Å². The summed E-state index contributed by atoms with van der Waals surface area (Å²) in [4.78, 5) is 13.5. The maximum atomic E-state index is 13.5. The van der Waals surface area contributed by atoms with Gasteiger partial charge in [0, 0.05) is 11.1 Å². The highest BCUT2D eigenvalue weighted by Gasteiger charge is 2.19. The van der Waals surface area contributed by atoms with Crippen molar-refractivity contribution in [1.29, 1.82) is 0 Å². The Bertz CT molecular complexity index is 894. The van der Waals surface area contributed by atoms with Crippen molar-refractivity contribution in [3.05, 3.63) is 106 Å². The summed E-state index contributed by atoms with van der Waals surface area (Å²) in [5, 5.41) is 0. The molecule has 3 rings (SSSR count). The molecule has 0 amide bonds. The first-order valence-electron chi connectivity index (χ1n) is 9.89. The fourth-order valence-electron chi connectivity index (χ4n) is 3.54. The van der Waals surface area contributed by atoms with Crippen LogP contribution in [0, 0.1) is 0 Å². The number of rotatable bonds is 2. The summed E-state index contributed by atoms with van der Waals surface area (Å²) in [6.07, 6.45) is 6.01. The molecule has 0 heterocycles. The van der Waals surface area contributed by atoms with E-state index in [0.717, 1.165) is 35.1 Å². The minimum atomic E-state index is 0.115. The summed E-state index contributed by atoms with van der Waals surface area (Å²) in [6, 6.07) is 20.8. The van der Waals surface area contributed by atoms with E-state index in [1.807, 2.05) is 39.8 Å². The van der Waals surface area contributed by atoms with Crippen molar-refractivity contribution >= 4 is 16.9 Å². The number of hydrogen-bond donors (Lipinski definition) is 0. The van der Waals surface area contributed by atoms with E-state index < -0.39 is 0 Å². The van der Waals surface area contributed by atoms with Crippen LogP contribution < -0.4 is 0 Å². The number of benzene rings is 2. The second-order valence-electron chi connectivity index (χ2n) is 7.73. The normalized spacial score (nSPS) is 18.9. The van der Waals surface area contributed by atoms with Crippen molar-refractivity contribution in [2.24, 2.45) is 0 Å². The third-order valence-corrected chi connectivity index (χ3v) is 5.16. The summed E-state index contributed by atoms with van der Waals surface area (Å²) in [5.41, 5.74) is 8.50. The van der Waals surface area contributed by atoms with Gasteiger partial charge >= 0.3 is 0 Å². The topological polar surface area (TPSA) is 17.1 Å². The average Bonchev–Trinajstić information content (AvgIpc) is 2.77. The van der Waals surface area contributed by atoms with E-state index in [1.54, 1.807) is 0 Å². The molecule has 0 unspecified atom stereocenters. The zero-order chi connectivity index (χ0) is 20.1. The van der Waals surface area contributed by atoms with Crippen molar-refractivity contribution in [2.75, 3.05) is 0 Å². The molecular weight excluding hydrogens is 340 g/mol. The van der Waals surface area contributed by atoms with Crippen LogP contribution in [0.25, 0.3) is 11.1 Å². The van der Waals surface area contributed by atoms with Gasteiger partial charge < -0.3 is 0 Å². The predicted molar refractivity (Wildman–Crippen MR) is 120 cm³/mol. The van der Waals surface area contributed by atoms with Crippen molar-refractivity contribution in [3.63, 3.8) is 0 Å². The zero-order valence-electron chi connectivity index (χ0n) is 17.3. The van der Waals surface area contributed by atoms with Gasteiger partial charge in [0.25, 0.3) is 0 Å². The van der Waals surface area contributed by atoms with E-state index in [9.17, 15) is 4.79 Å². The average molecular weight is 369 g/mol. The number of carbonyl (C=O) groups excluding carboxylic acids is 1. The Balaban J connectivity index is 2.20. The molecule has 0 bridgehead atoms. The smallest absolute Gasteiger partial charge is 0.192 e. The molecule has 2 aromatic rings. The van der Waals surface area contributed by atoms with Gasteiger partial charge in [-0.25, -0.2) is 0 Å². The van der Waals surface area contributed by atoms with Crippen molar-refractivity contribution in [3.8, 4) is 0 Å². The molecule has 0 saturated heterocycles. The molecule has 0 aromatic heterocycles. The molecule has 0 spiro atoms. The highest BCUT2D eigenvalue weighted by molar-refractivity contribution is 6.14. The molecule has 1 aliphatic carbocycles. The Morgan fingerprint density at radius 3 is 1.29 bits per heavy atom. The Kier molecular flexibility index (Phi) is 6.26. The van der Waals surface area contributed by atoms with Gasteiger partial charge in [-0.3, -0.25) is 4.79 Å². The first kappa shape index (κ1) is 19.8. The number of Topliss-reactive ketones (excluding diaryl/α,β-unsaturated/α-hetero) is 1. The Labute approximate surface area is 168 Å². The van der Waals surface area contributed by atoms with Gasteiger partial charge in [-0.1, -0.05) is 71.8 Å². The fourth-order valence-corrected chi connectivity index (χ4v) is 3.54. The molecule has 0 aliphatic heterocycles. The highest BCUT2D eigenvalue weighted by atomic mass is 16.1. The summed E-state index contributed by atoms with van der Waals surface area (Å²) in [7, 11) is 0. The summed E-state index contributed by atoms with van der Waals surface area (Å²) < 4.78 is 0. The molecule has 142 valence electrons. The minimum absolute atomic E-state index is 0.115. The lowest BCUT2D eigenvalue weighted by Gasteiger charge is -2.11. The van der Waals surface area contributed by atoms with Crippen molar-refractivity contribution in [2.45, 2.75) is 40.5 Å². The molecule has 2 aromatic carbocycles. The van der Waals surface area contributed by atoms with Crippen molar-refractivity contribution in [1.82, 2.24) is 0 Å². The van der Waals surface area contributed by atoms with Crippen LogP contribution in [-0.4, -0.2) is 5.78 Å². The molecule has 0 atom stereocenters. The van der Waals surface area contributed by atoms with E-state index in [0.29, 0.717) is 0 Å². The SMILES string of the molecule is CC(C)=C1/C=C(/c2ccccc2)CC/C(c2ccccc2)=C\C(=C(C)C)C1=O. The van der Waals surface area contributed by atoms with Crippen LogP contribution in [0.3, 0.4) is 0 Å². The molecule has 1 heteroatoms. The predicted octanol–water partition coefficient (Wildman–Crippen LogP) is 7.19. The number of carbonyl (C=O) groups is 1. The third-order valence-electron chi connectivity index (χ3n) is 5.16. The van der Waals surface area contributed by atoms with E-state index >= 15 is 0 Å². The molecule has 28 heavy (non-hydrogen) atoms. The van der Waals surface area contributed by atoms with Gasteiger partial charge in [0.2, 0.25) is 0 Å². The quantitative estimate of drug-likeness (QED) is 0.513. The van der Waals surface area contributed by atoms with Gasteiger partial charge in [0.05, 0.1) is 0 Å². The monoisotopic (exact) mass is 368 g/mol. The van der Waals surface area contributed by atoms with Crippen LogP contribution >= 0.6 is 0 Å². The molecule has 0 fully saturated rings. The maximum absolute atomic E-state index is 13.5. The second-order valence-corrected chi connectivity index (χ2v) is 7.73. The van der Waals surface area contributed by atoms with Gasteiger partial charge in [-0.2, -0.15) is 0 Å². The fraction of sp³-hybridized carbons (Fsp3) is 0.222. The minimum Gasteiger partial charge on any atom is -0.289 e. The zero-order valence-corrected chi connectivity index (χ0v) is 17.3. The molecule has 0 saturated carbocycles. The first-order valence-corrected chi connectivity index (χ1v) is 9.89. The Morgan fingerprint density at radius 2 is 0.964 bits per heavy atom. The molecule has 0 radical (unpaired) electrons. The summed E-state index contributed by atoms with van der Waals surface area (Å²) >= 11 is 0. The van der Waals surface area contributed by atoms with E-state index in [4.69, 9.17) is 0 Å². The lowest BCUT2D eigenvalue weighted by molar-refractivity contribution is -0.111. The lowest BCUT2D eigenvalue weighted by Crippen LogP contribution is -2.07. The van der Waals surface area contributed by atoms with Crippen LogP contribution in [0.2, 0.25) is 0 Å². The third kappa shape index (κ3) is 4.48. The maximum Gasteiger partial charge on any atom is 0.192 e. The number of ketones is 1. The standard InChI is InChI=1S/C27H28O/c1-19(2)25-17-23(21-11-7-5-8-12-21)15-16-24(22-13-9-6-10-14-22)18-26(20(3)4)27(25)28/h5-14,17-18H,15-16H2,1-4H3/b23-17+,24-18+. The van der Waals surface area contributed by atoms with Crippen LogP contribution in [-0.2, 0) is 4.79 Å². The number of allylic oxidation sites excluding steroid dienone is 8. The van der Waals surface area contributed by atoms with Gasteiger partial charge in [-0.15, -0.1) is 0 Å².